The minimum atomic E-state index is -0.604. The van der Waals surface area contributed by atoms with E-state index in [0.29, 0.717) is 6.54 Å². The van der Waals surface area contributed by atoms with E-state index in [-0.39, 0.29) is 0 Å². The third-order valence-corrected chi connectivity index (χ3v) is 3.22. The summed E-state index contributed by atoms with van der Waals surface area (Å²) in [6, 6.07) is 8.35. The highest BCUT2D eigenvalue weighted by Gasteiger charge is 2.24. The molecule has 1 atom stereocenters. The first-order valence-corrected chi connectivity index (χ1v) is 6.35. The summed E-state index contributed by atoms with van der Waals surface area (Å²) in [7, 11) is 0. The number of aliphatic hydroxyl groups is 1. The highest BCUT2D eigenvalue weighted by atomic mass is 16.3. The number of anilines is 1. The fourth-order valence-corrected chi connectivity index (χ4v) is 2.50. The molecule has 0 bridgehead atoms. The van der Waals surface area contributed by atoms with Crippen LogP contribution in [0.4, 0.5) is 5.69 Å². The zero-order valence-electron chi connectivity index (χ0n) is 10.7. The van der Waals surface area contributed by atoms with Crippen molar-refractivity contribution in [3.63, 3.8) is 0 Å². The Kier molecular flexibility index (Phi) is 3.53. The van der Waals surface area contributed by atoms with Crippen LogP contribution in [0.5, 0.6) is 0 Å². The van der Waals surface area contributed by atoms with Gasteiger partial charge in [-0.25, -0.2) is 0 Å². The van der Waals surface area contributed by atoms with Crippen molar-refractivity contribution in [2.75, 3.05) is 18.0 Å². The Balaban J connectivity index is 2.16. The summed E-state index contributed by atoms with van der Waals surface area (Å²) in [5.41, 5.74) is 1.87. The molecule has 1 aromatic rings. The molecule has 92 valence electrons. The average molecular weight is 231 g/mol. The second kappa shape index (κ2) is 4.92. The second-order valence-corrected chi connectivity index (χ2v) is 5.09. The van der Waals surface area contributed by atoms with Crippen LogP contribution in [0.1, 0.15) is 32.3 Å². The molecule has 2 heteroatoms. The average Bonchev–Trinajstić information content (AvgIpc) is 2.29. The Bertz CT molecular complexity index is 409. The van der Waals surface area contributed by atoms with E-state index in [2.05, 4.69) is 48.2 Å². The molecule has 2 rings (SSSR count). The molecule has 1 heterocycles. The van der Waals surface area contributed by atoms with Crippen LogP contribution < -0.4 is 4.90 Å². The zero-order chi connectivity index (χ0) is 12.3. The van der Waals surface area contributed by atoms with Gasteiger partial charge in [-0.3, -0.25) is 0 Å². The SMILES string of the molecule is CCCC(C)(O)CN1CC=Cc2ccccc21. The first-order chi connectivity index (χ1) is 8.12. The van der Waals surface area contributed by atoms with E-state index < -0.39 is 5.60 Å². The Labute approximate surface area is 104 Å². The predicted octanol–water partition coefficient (Wildman–Crippen LogP) is 3.07. The number of β-amino-alcohol motifs (C(OH)–C–C–N with tert-alkyl or cyclic N) is 1. The lowest BCUT2D eigenvalue weighted by molar-refractivity contribution is 0.0575. The van der Waals surface area contributed by atoms with E-state index in [4.69, 9.17) is 0 Å². The maximum absolute atomic E-state index is 10.3. The van der Waals surface area contributed by atoms with Gasteiger partial charge in [-0.15, -0.1) is 0 Å². The minimum Gasteiger partial charge on any atom is -0.388 e. The standard InChI is InChI=1S/C15H21NO/c1-3-10-15(2,17)12-16-11-6-8-13-7-4-5-9-14(13)16/h4-9,17H,3,10-12H2,1-2H3. The monoisotopic (exact) mass is 231 g/mol. The molecule has 0 saturated carbocycles. The van der Waals surface area contributed by atoms with E-state index in [0.717, 1.165) is 19.4 Å². The van der Waals surface area contributed by atoms with Gasteiger partial charge >= 0.3 is 0 Å². The Hall–Kier alpha value is -1.28. The Morgan fingerprint density at radius 3 is 2.88 bits per heavy atom. The van der Waals surface area contributed by atoms with E-state index in [1.165, 1.54) is 11.3 Å². The predicted molar refractivity (Wildman–Crippen MR) is 73.2 cm³/mol. The lowest BCUT2D eigenvalue weighted by Gasteiger charge is -2.34. The molecular formula is C15H21NO. The van der Waals surface area contributed by atoms with Crippen molar-refractivity contribution < 1.29 is 5.11 Å². The largest absolute Gasteiger partial charge is 0.388 e. The third-order valence-electron chi connectivity index (χ3n) is 3.22. The highest BCUT2D eigenvalue weighted by molar-refractivity contribution is 5.71. The van der Waals surface area contributed by atoms with Gasteiger partial charge in [-0.05, 0) is 25.0 Å². The van der Waals surface area contributed by atoms with Gasteiger partial charge in [0.1, 0.15) is 0 Å². The second-order valence-electron chi connectivity index (χ2n) is 5.09. The Morgan fingerprint density at radius 2 is 2.12 bits per heavy atom. The molecule has 2 nitrogen and oxygen atoms in total. The number of rotatable bonds is 4. The molecule has 1 unspecified atom stereocenters. The summed E-state index contributed by atoms with van der Waals surface area (Å²) < 4.78 is 0. The molecule has 0 spiro atoms. The highest BCUT2D eigenvalue weighted by Crippen LogP contribution is 2.27. The van der Waals surface area contributed by atoms with Crippen molar-refractivity contribution in [1.82, 2.24) is 0 Å². The molecule has 0 saturated heterocycles. The number of fused-ring (bicyclic) bond motifs is 1. The summed E-state index contributed by atoms with van der Waals surface area (Å²) in [5, 5.41) is 10.3. The quantitative estimate of drug-likeness (QED) is 0.861. The van der Waals surface area contributed by atoms with E-state index in [1.54, 1.807) is 0 Å². The maximum atomic E-state index is 10.3. The molecule has 1 N–H and O–H groups in total. The van der Waals surface area contributed by atoms with Gasteiger partial charge < -0.3 is 10.0 Å². The van der Waals surface area contributed by atoms with Crippen molar-refractivity contribution in [2.24, 2.45) is 0 Å². The first kappa shape index (κ1) is 12.2. The van der Waals surface area contributed by atoms with Crippen LogP contribution in [0.15, 0.2) is 30.3 Å². The van der Waals surface area contributed by atoms with Gasteiger partial charge in [-0.2, -0.15) is 0 Å². The molecule has 0 amide bonds. The van der Waals surface area contributed by atoms with Crippen LogP contribution in [0.3, 0.4) is 0 Å². The lowest BCUT2D eigenvalue weighted by Crippen LogP contribution is -2.42. The van der Waals surface area contributed by atoms with Gasteiger partial charge in [-0.1, -0.05) is 43.7 Å². The van der Waals surface area contributed by atoms with E-state index in [1.807, 2.05) is 6.92 Å². The van der Waals surface area contributed by atoms with Crippen LogP contribution in [0.2, 0.25) is 0 Å². The molecule has 17 heavy (non-hydrogen) atoms. The molecule has 0 fully saturated rings. The van der Waals surface area contributed by atoms with Crippen LogP contribution in [0.25, 0.3) is 6.08 Å². The normalized spacial score (nSPS) is 17.7. The lowest BCUT2D eigenvalue weighted by atomic mass is 9.98. The zero-order valence-corrected chi connectivity index (χ0v) is 10.7. The first-order valence-electron chi connectivity index (χ1n) is 6.35. The summed E-state index contributed by atoms with van der Waals surface area (Å²) in [6.45, 7) is 5.62. The van der Waals surface area contributed by atoms with Gasteiger partial charge in [0.2, 0.25) is 0 Å². The van der Waals surface area contributed by atoms with Crippen LogP contribution in [0, 0.1) is 0 Å². The molecule has 0 aromatic heterocycles. The van der Waals surface area contributed by atoms with Gasteiger partial charge in [0.25, 0.3) is 0 Å². The van der Waals surface area contributed by atoms with Crippen molar-refractivity contribution >= 4 is 11.8 Å². The van der Waals surface area contributed by atoms with Gasteiger partial charge in [0, 0.05) is 18.8 Å². The summed E-state index contributed by atoms with van der Waals surface area (Å²) >= 11 is 0. The topological polar surface area (TPSA) is 23.5 Å². The fourth-order valence-electron chi connectivity index (χ4n) is 2.50. The summed E-state index contributed by atoms with van der Waals surface area (Å²) in [6.07, 6.45) is 6.17. The van der Waals surface area contributed by atoms with Gasteiger partial charge in [0.15, 0.2) is 0 Å². The number of hydrogen-bond donors (Lipinski definition) is 1. The van der Waals surface area contributed by atoms with Crippen molar-refractivity contribution in [3.8, 4) is 0 Å². The summed E-state index contributed by atoms with van der Waals surface area (Å²) in [5.74, 6) is 0. The molecule has 1 aliphatic heterocycles. The van der Waals surface area contributed by atoms with Crippen LogP contribution in [-0.4, -0.2) is 23.8 Å². The maximum Gasteiger partial charge on any atom is 0.0793 e. The molecular weight excluding hydrogens is 210 g/mol. The molecule has 0 radical (unpaired) electrons. The van der Waals surface area contributed by atoms with Crippen molar-refractivity contribution in [2.45, 2.75) is 32.3 Å². The number of para-hydroxylation sites is 1. The van der Waals surface area contributed by atoms with E-state index in [9.17, 15) is 5.11 Å². The summed E-state index contributed by atoms with van der Waals surface area (Å²) in [4.78, 5) is 2.25. The van der Waals surface area contributed by atoms with E-state index >= 15 is 0 Å². The van der Waals surface area contributed by atoms with Crippen LogP contribution >= 0.6 is 0 Å². The van der Waals surface area contributed by atoms with Crippen molar-refractivity contribution in [1.29, 1.82) is 0 Å². The molecule has 0 aliphatic carbocycles. The number of nitrogens with zero attached hydrogens (tertiary/aromatic N) is 1. The minimum absolute atomic E-state index is 0.604. The molecule has 1 aliphatic rings. The van der Waals surface area contributed by atoms with Crippen molar-refractivity contribution in [3.05, 3.63) is 35.9 Å². The number of hydrogen-bond acceptors (Lipinski definition) is 2. The fraction of sp³-hybridized carbons (Fsp3) is 0.467. The molecule has 1 aromatic carbocycles. The smallest absolute Gasteiger partial charge is 0.0793 e. The third kappa shape index (κ3) is 2.89. The van der Waals surface area contributed by atoms with Crippen LogP contribution in [-0.2, 0) is 0 Å². The Morgan fingerprint density at radius 1 is 1.35 bits per heavy atom. The number of benzene rings is 1. The van der Waals surface area contributed by atoms with Gasteiger partial charge in [0.05, 0.1) is 5.60 Å².